The van der Waals surface area contributed by atoms with Crippen LogP contribution in [0.4, 0.5) is 0 Å². The van der Waals surface area contributed by atoms with Gasteiger partial charge in [0.05, 0.1) is 0 Å². The first-order chi connectivity index (χ1) is 7.74. The smallest absolute Gasteiger partial charge is 0.192 e. The Morgan fingerprint density at radius 1 is 1.29 bits per heavy atom. The van der Waals surface area contributed by atoms with Crippen LogP contribution in [0.2, 0.25) is 18.1 Å². The summed E-state index contributed by atoms with van der Waals surface area (Å²) in [5.74, 6) is 0. The van der Waals surface area contributed by atoms with Crippen molar-refractivity contribution in [1.29, 1.82) is 0 Å². The third-order valence-electron chi connectivity index (χ3n) is 3.64. The van der Waals surface area contributed by atoms with Crippen molar-refractivity contribution in [3.8, 4) is 0 Å². The Balaban J connectivity index is 4.50. The molecule has 3 heteroatoms. The molecule has 0 rings (SSSR count). The van der Waals surface area contributed by atoms with Crippen LogP contribution in [0.5, 0.6) is 0 Å². The summed E-state index contributed by atoms with van der Waals surface area (Å²) in [5, 5.41) is 0.311. The van der Waals surface area contributed by atoms with Gasteiger partial charge in [0.2, 0.25) is 0 Å². The molecule has 0 bridgehead atoms. The molecule has 1 atom stereocenters. The summed E-state index contributed by atoms with van der Waals surface area (Å²) >= 11 is 2.29. The van der Waals surface area contributed by atoms with Gasteiger partial charge in [-0.15, -0.1) is 0 Å². The quantitative estimate of drug-likeness (QED) is 0.401. The largest absolute Gasteiger partial charge is 0.414 e. The Hall–Kier alpha value is 0.647. The monoisotopic (exact) mass is 368 g/mol. The SMILES string of the molecule is CCCCC(CC=CI)O[Si](C)(C)C(C)(C)C. The molecule has 0 aromatic carbocycles. The third kappa shape index (κ3) is 6.96. The molecule has 0 heterocycles. The average Bonchev–Trinajstić information content (AvgIpc) is 2.20. The van der Waals surface area contributed by atoms with Crippen molar-refractivity contribution in [1.82, 2.24) is 0 Å². The minimum absolute atomic E-state index is 0.311. The summed E-state index contributed by atoms with van der Waals surface area (Å²) < 4.78 is 8.59. The maximum Gasteiger partial charge on any atom is 0.192 e. The van der Waals surface area contributed by atoms with Crippen molar-refractivity contribution in [3.05, 3.63) is 10.2 Å². The molecule has 0 spiro atoms. The fraction of sp³-hybridized carbons (Fsp3) is 0.857. The van der Waals surface area contributed by atoms with Gasteiger partial charge < -0.3 is 4.43 Å². The van der Waals surface area contributed by atoms with E-state index in [9.17, 15) is 0 Å². The van der Waals surface area contributed by atoms with Crippen LogP contribution in [0.25, 0.3) is 0 Å². The van der Waals surface area contributed by atoms with E-state index in [0.29, 0.717) is 11.1 Å². The first-order valence-corrected chi connectivity index (χ1v) is 10.8. The van der Waals surface area contributed by atoms with Crippen LogP contribution in [-0.2, 0) is 4.43 Å². The van der Waals surface area contributed by atoms with Crippen molar-refractivity contribution >= 4 is 30.9 Å². The topological polar surface area (TPSA) is 9.23 Å². The minimum atomic E-state index is -1.60. The summed E-state index contributed by atoms with van der Waals surface area (Å²) in [4.78, 5) is 0. The standard InChI is InChI=1S/C14H29IOSi/c1-7-8-10-13(11-9-12-15)16-17(5,6)14(2,3)4/h9,12-13H,7-8,10-11H2,1-6H3. The molecule has 0 saturated heterocycles. The predicted octanol–water partition coefficient (Wildman–Crippen LogP) is 5.91. The lowest BCUT2D eigenvalue weighted by atomic mass is 10.1. The molecule has 102 valence electrons. The lowest BCUT2D eigenvalue weighted by Gasteiger charge is -2.39. The van der Waals surface area contributed by atoms with Crippen LogP contribution >= 0.6 is 22.6 Å². The lowest BCUT2D eigenvalue weighted by Crippen LogP contribution is -2.43. The number of halogens is 1. The first kappa shape index (κ1) is 17.6. The molecule has 0 aromatic heterocycles. The molecule has 0 saturated carbocycles. The van der Waals surface area contributed by atoms with E-state index in [1.807, 2.05) is 0 Å². The minimum Gasteiger partial charge on any atom is -0.414 e. The fourth-order valence-electron chi connectivity index (χ4n) is 1.45. The molecule has 0 radical (unpaired) electrons. The van der Waals surface area contributed by atoms with Gasteiger partial charge >= 0.3 is 0 Å². The van der Waals surface area contributed by atoms with E-state index in [0.717, 1.165) is 6.42 Å². The molecular weight excluding hydrogens is 339 g/mol. The molecule has 0 aliphatic rings. The molecule has 1 nitrogen and oxygen atoms in total. The van der Waals surface area contributed by atoms with Crippen LogP contribution in [0.15, 0.2) is 10.2 Å². The van der Waals surface area contributed by atoms with Crippen LogP contribution in [-0.4, -0.2) is 14.4 Å². The molecule has 0 aromatic rings. The highest BCUT2D eigenvalue weighted by atomic mass is 127. The number of rotatable bonds is 7. The van der Waals surface area contributed by atoms with Gasteiger partial charge in [-0.3, -0.25) is 0 Å². The van der Waals surface area contributed by atoms with E-state index in [4.69, 9.17) is 4.43 Å². The number of unbranched alkanes of at least 4 members (excludes halogenated alkanes) is 1. The number of hydrogen-bond acceptors (Lipinski definition) is 1. The van der Waals surface area contributed by atoms with Crippen molar-refractivity contribution in [2.75, 3.05) is 0 Å². The molecule has 0 aliphatic carbocycles. The highest BCUT2D eigenvalue weighted by Gasteiger charge is 2.38. The van der Waals surface area contributed by atoms with E-state index < -0.39 is 8.32 Å². The zero-order chi connectivity index (χ0) is 13.5. The Morgan fingerprint density at radius 2 is 1.88 bits per heavy atom. The van der Waals surface area contributed by atoms with Gasteiger partial charge in [0.15, 0.2) is 8.32 Å². The first-order valence-electron chi connectivity index (χ1n) is 6.67. The second-order valence-electron chi connectivity index (χ2n) is 6.24. The summed E-state index contributed by atoms with van der Waals surface area (Å²) in [7, 11) is -1.60. The summed E-state index contributed by atoms with van der Waals surface area (Å²) in [5.41, 5.74) is 0. The molecule has 0 amide bonds. The second-order valence-corrected chi connectivity index (χ2v) is 11.7. The molecular formula is C14H29IOSi. The zero-order valence-electron chi connectivity index (χ0n) is 12.3. The van der Waals surface area contributed by atoms with Crippen molar-refractivity contribution in [2.24, 2.45) is 0 Å². The van der Waals surface area contributed by atoms with Gasteiger partial charge in [-0.1, -0.05) is 69.2 Å². The Labute approximate surface area is 123 Å². The highest BCUT2D eigenvalue weighted by molar-refractivity contribution is 14.1. The Kier molecular flexibility index (Phi) is 8.25. The molecule has 0 aliphatic heterocycles. The normalized spacial score (nSPS) is 15.5. The van der Waals surface area contributed by atoms with E-state index in [-0.39, 0.29) is 0 Å². The van der Waals surface area contributed by atoms with Crippen molar-refractivity contribution in [3.63, 3.8) is 0 Å². The number of hydrogen-bond donors (Lipinski definition) is 0. The van der Waals surface area contributed by atoms with Crippen molar-refractivity contribution < 1.29 is 4.43 Å². The maximum absolute atomic E-state index is 6.49. The third-order valence-corrected chi connectivity index (χ3v) is 8.68. The molecule has 0 N–H and O–H groups in total. The maximum atomic E-state index is 6.49. The van der Waals surface area contributed by atoms with Crippen LogP contribution in [0.1, 0.15) is 53.4 Å². The Bertz CT molecular complexity index is 231. The molecule has 0 fully saturated rings. The average molecular weight is 368 g/mol. The summed E-state index contributed by atoms with van der Waals surface area (Å²) in [6.07, 6.45) is 7.44. The van der Waals surface area contributed by atoms with Crippen LogP contribution < -0.4 is 0 Å². The van der Waals surface area contributed by atoms with E-state index >= 15 is 0 Å². The second kappa shape index (κ2) is 7.95. The predicted molar refractivity (Wildman–Crippen MR) is 89.4 cm³/mol. The lowest BCUT2D eigenvalue weighted by molar-refractivity contribution is 0.171. The zero-order valence-corrected chi connectivity index (χ0v) is 15.5. The van der Waals surface area contributed by atoms with Gasteiger partial charge in [0.1, 0.15) is 0 Å². The van der Waals surface area contributed by atoms with E-state index in [2.05, 4.69) is 73.5 Å². The summed E-state index contributed by atoms with van der Waals surface area (Å²) in [6.45, 7) is 13.9. The van der Waals surface area contributed by atoms with E-state index in [1.54, 1.807) is 0 Å². The van der Waals surface area contributed by atoms with E-state index in [1.165, 1.54) is 19.3 Å². The fourth-order valence-corrected chi connectivity index (χ4v) is 3.15. The van der Waals surface area contributed by atoms with Gasteiger partial charge in [-0.25, -0.2) is 0 Å². The molecule has 17 heavy (non-hydrogen) atoms. The summed E-state index contributed by atoms with van der Waals surface area (Å²) in [6, 6.07) is 0. The van der Waals surface area contributed by atoms with Gasteiger partial charge in [0, 0.05) is 6.10 Å². The highest BCUT2D eigenvalue weighted by Crippen LogP contribution is 2.38. The Morgan fingerprint density at radius 3 is 2.29 bits per heavy atom. The van der Waals surface area contributed by atoms with Gasteiger partial charge in [-0.05, 0) is 35.1 Å². The van der Waals surface area contributed by atoms with Crippen molar-refractivity contribution in [2.45, 2.75) is 77.6 Å². The van der Waals surface area contributed by atoms with Crippen LogP contribution in [0.3, 0.4) is 0 Å². The van der Waals surface area contributed by atoms with Gasteiger partial charge in [0.25, 0.3) is 0 Å². The van der Waals surface area contributed by atoms with Gasteiger partial charge in [-0.2, -0.15) is 0 Å². The molecule has 1 unspecified atom stereocenters. The van der Waals surface area contributed by atoms with Crippen LogP contribution in [0, 0.1) is 0 Å².